The Morgan fingerprint density at radius 1 is 1.44 bits per heavy atom. The number of aliphatic hydroxyl groups excluding tert-OH is 1. The zero-order chi connectivity index (χ0) is 13.8. The molecule has 0 aliphatic rings. The van der Waals surface area contributed by atoms with Crippen molar-refractivity contribution in [1.29, 1.82) is 5.26 Å². The lowest BCUT2D eigenvalue weighted by Gasteiger charge is -2.32. The lowest BCUT2D eigenvalue weighted by atomic mass is 9.84. The van der Waals surface area contributed by atoms with E-state index >= 15 is 0 Å². The minimum atomic E-state index is 0.0117. The third kappa shape index (κ3) is 3.72. The van der Waals surface area contributed by atoms with Crippen molar-refractivity contribution in [1.82, 2.24) is 0 Å². The van der Waals surface area contributed by atoms with Crippen molar-refractivity contribution in [3.63, 3.8) is 0 Å². The number of halogens is 1. The van der Waals surface area contributed by atoms with Crippen LogP contribution in [0.15, 0.2) is 22.7 Å². The summed E-state index contributed by atoms with van der Waals surface area (Å²) >= 11 is 3.37. The van der Waals surface area contributed by atoms with E-state index in [1.807, 2.05) is 18.2 Å². The fraction of sp³-hybridized carbons (Fsp3) is 0.500. The highest BCUT2D eigenvalue weighted by Crippen LogP contribution is 2.29. The Hall–Kier alpha value is -1.05. The molecule has 0 bridgehead atoms. The van der Waals surface area contributed by atoms with Gasteiger partial charge in [-0.1, -0.05) is 26.8 Å². The van der Waals surface area contributed by atoms with E-state index in [1.165, 1.54) is 0 Å². The van der Waals surface area contributed by atoms with Crippen LogP contribution in [0.5, 0.6) is 0 Å². The number of aliphatic hydroxyl groups is 1. The summed E-state index contributed by atoms with van der Waals surface area (Å²) in [5.74, 6) is 0. The number of anilines is 1. The number of hydrogen-bond donors (Lipinski definition) is 2. The number of nitrogens with one attached hydrogen (secondary N) is 1. The Morgan fingerprint density at radius 3 is 2.61 bits per heavy atom. The molecule has 0 saturated heterocycles. The van der Waals surface area contributed by atoms with Crippen LogP contribution in [0.25, 0.3) is 0 Å². The molecule has 0 saturated carbocycles. The Bertz CT molecular complexity index is 446. The van der Waals surface area contributed by atoms with E-state index in [1.54, 1.807) is 0 Å². The minimum Gasteiger partial charge on any atom is -0.396 e. The fourth-order valence-electron chi connectivity index (χ4n) is 1.80. The molecule has 1 rings (SSSR count). The molecule has 3 nitrogen and oxygen atoms in total. The summed E-state index contributed by atoms with van der Waals surface area (Å²) in [5, 5.41) is 21.7. The largest absolute Gasteiger partial charge is 0.396 e. The average Bonchev–Trinajstić information content (AvgIpc) is 2.27. The summed E-state index contributed by atoms with van der Waals surface area (Å²) < 4.78 is 0.784. The van der Waals surface area contributed by atoms with Crippen molar-refractivity contribution in [2.24, 2.45) is 5.41 Å². The SMILES string of the molecule is CC(C)(C)C(CCO)Nc1cccc(Br)c1C#N. The van der Waals surface area contributed by atoms with Gasteiger partial charge in [0.25, 0.3) is 0 Å². The predicted molar refractivity (Wildman–Crippen MR) is 77.4 cm³/mol. The van der Waals surface area contributed by atoms with Gasteiger partial charge in [0.2, 0.25) is 0 Å². The van der Waals surface area contributed by atoms with Crippen LogP contribution in [0.3, 0.4) is 0 Å². The van der Waals surface area contributed by atoms with E-state index in [2.05, 4.69) is 48.1 Å². The first-order valence-electron chi connectivity index (χ1n) is 5.96. The maximum atomic E-state index is 9.18. The van der Waals surface area contributed by atoms with Crippen LogP contribution in [-0.2, 0) is 0 Å². The molecular formula is C14H19BrN2O. The second-order valence-corrected chi connectivity index (χ2v) is 6.20. The van der Waals surface area contributed by atoms with Crippen LogP contribution in [0.1, 0.15) is 32.8 Å². The number of rotatable bonds is 4. The maximum absolute atomic E-state index is 9.18. The molecule has 1 unspecified atom stereocenters. The molecule has 0 spiro atoms. The van der Waals surface area contributed by atoms with E-state index in [0.717, 1.165) is 10.2 Å². The normalized spacial score (nSPS) is 12.9. The molecule has 2 N–H and O–H groups in total. The molecular weight excluding hydrogens is 292 g/mol. The molecule has 18 heavy (non-hydrogen) atoms. The van der Waals surface area contributed by atoms with Crippen LogP contribution in [0, 0.1) is 16.7 Å². The summed E-state index contributed by atoms with van der Waals surface area (Å²) in [4.78, 5) is 0. The molecule has 4 heteroatoms. The van der Waals surface area contributed by atoms with Crippen LogP contribution in [0.2, 0.25) is 0 Å². The molecule has 0 aliphatic carbocycles. The number of benzene rings is 1. The van der Waals surface area contributed by atoms with E-state index in [9.17, 15) is 5.26 Å². The van der Waals surface area contributed by atoms with E-state index in [-0.39, 0.29) is 18.1 Å². The van der Waals surface area contributed by atoms with Gasteiger partial charge in [-0.3, -0.25) is 0 Å². The first kappa shape index (κ1) is 15.0. The van der Waals surface area contributed by atoms with Gasteiger partial charge in [0.15, 0.2) is 0 Å². The summed E-state index contributed by atoms with van der Waals surface area (Å²) in [6.45, 7) is 6.48. The van der Waals surface area contributed by atoms with E-state index in [0.29, 0.717) is 12.0 Å². The maximum Gasteiger partial charge on any atom is 0.103 e. The monoisotopic (exact) mass is 310 g/mol. The highest BCUT2D eigenvalue weighted by atomic mass is 79.9. The molecule has 0 aromatic heterocycles. The average molecular weight is 311 g/mol. The van der Waals surface area contributed by atoms with Crippen LogP contribution in [-0.4, -0.2) is 17.8 Å². The highest BCUT2D eigenvalue weighted by molar-refractivity contribution is 9.10. The minimum absolute atomic E-state index is 0.0117. The van der Waals surface area contributed by atoms with E-state index < -0.39 is 0 Å². The lowest BCUT2D eigenvalue weighted by Crippen LogP contribution is -2.35. The molecule has 0 fully saturated rings. The molecule has 1 aromatic rings. The van der Waals surface area contributed by atoms with Crippen molar-refractivity contribution in [3.8, 4) is 6.07 Å². The standard InChI is InChI=1S/C14H19BrN2O/c1-14(2,3)13(7-8-18)17-12-6-4-5-11(15)10(12)9-16/h4-6,13,17-18H,7-8H2,1-3H3. The topological polar surface area (TPSA) is 56.0 Å². The van der Waals surface area contributed by atoms with Crippen molar-refractivity contribution >= 4 is 21.6 Å². The van der Waals surface area contributed by atoms with Gasteiger partial charge in [-0.2, -0.15) is 5.26 Å². The third-order valence-corrected chi connectivity index (χ3v) is 3.58. The van der Waals surface area contributed by atoms with Crippen molar-refractivity contribution in [3.05, 3.63) is 28.2 Å². The molecule has 0 radical (unpaired) electrons. The zero-order valence-corrected chi connectivity index (χ0v) is 12.6. The van der Waals surface area contributed by atoms with Gasteiger partial charge in [0, 0.05) is 17.1 Å². The van der Waals surface area contributed by atoms with Gasteiger partial charge in [-0.25, -0.2) is 0 Å². The zero-order valence-electron chi connectivity index (χ0n) is 11.0. The fourth-order valence-corrected chi connectivity index (χ4v) is 2.25. The molecule has 1 atom stereocenters. The molecule has 0 aliphatic heterocycles. The van der Waals surface area contributed by atoms with Gasteiger partial charge < -0.3 is 10.4 Å². The van der Waals surface area contributed by atoms with Crippen molar-refractivity contribution in [2.45, 2.75) is 33.2 Å². The Kier molecular flexibility index (Phi) is 5.18. The van der Waals surface area contributed by atoms with Gasteiger partial charge in [-0.05, 0) is 39.9 Å². The van der Waals surface area contributed by atoms with E-state index in [4.69, 9.17) is 5.11 Å². The first-order valence-corrected chi connectivity index (χ1v) is 6.75. The molecule has 0 amide bonds. The van der Waals surface area contributed by atoms with Gasteiger partial charge in [0.05, 0.1) is 11.3 Å². The Morgan fingerprint density at radius 2 is 2.11 bits per heavy atom. The van der Waals surface area contributed by atoms with Crippen molar-refractivity contribution in [2.75, 3.05) is 11.9 Å². The van der Waals surface area contributed by atoms with Gasteiger partial charge in [-0.15, -0.1) is 0 Å². The number of nitriles is 1. The van der Waals surface area contributed by atoms with Crippen LogP contribution in [0.4, 0.5) is 5.69 Å². The molecule has 0 heterocycles. The summed E-state index contributed by atoms with van der Waals surface area (Å²) in [6, 6.07) is 7.94. The number of nitrogens with zero attached hydrogens (tertiary/aromatic N) is 1. The summed E-state index contributed by atoms with van der Waals surface area (Å²) in [5.41, 5.74) is 1.42. The van der Waals surface area contributed by atoms with Gasteiger partial charge in [0.1, 0.15) is 6.07 Å². The van der Waals surface area contributed by atoms with Gasteiger partial charge >= 0.3 is 0 Å². The highest BCUT2D eigenvalue weighted by Gasteiger charge is 2.24. The Labute approximate surface area is 117 Å². The van der Waals surface area contributed by atoms with Crippen LogP contribution < -0.4 is 5.32 Å². The second-order valence-electron chi connectivity index (χ2n) is 5.35. The smallest absolute Gasteiger partial charge is 0.103 e. The second kappa shape index (κ2) is 6.21. The Balaban J connectivity index is 3.02. The first-order chi connectivity index (χ1) is 8.40. The summed E-state index contributed by atoms with van der Waals surface area (Å²) in [6.07, 6.45) is 0.654. The number of hydrogen-bond acceptors (Lipinski definition) is 3. The van der Waals surface area contributed by atoms with Crippen molar-refractivity contribution < 1.29 is 5.11 Å². The quantitative estimate of drug-likeness (QED) is 0.894. The van der Waals surface area contributed by atoms with Crippen LogP contribution >= 0.6 is 15.9 Å². The molecule has 1 aromatic carbocycles. The molecule has 98 valence electrons. The lowest BCUT2D eigenvalue weighted by molar-refractivity contribution is 0.235. The summed E-state index contributed by atoms with van der Waals surface area (Å²) in [7, 11) is 0. The predicted octanol–water partition coefficient (Wildman–Crippen LogP) is 3.53. The third-order valence-electron chi connectivity index (χ3n) is 2.92.